The molecule has 11 nitrogen and oxygen atoms in total. The zero-order valence-electron chi connectivity index (χ0n) is 19.5. The molecule has 1 N–H and O–H groups in total. The Kier molecular flexibility index (Phi) is 6.82. The Morgan fingerprint density at radius 1 is 1.06 bits per heavy atom. The molecule has 1 atom stereocenters. The van der Waals surface area contributed by atoms with Crippen LogP contribution in [0.15, 0.2) is 64.1 Å². The molecule has 0 saturated carbocycles. The summed E-state index contributed by atoms with van der Waals surface area (Å²) in [6.07, 6.45) is 0. The second-order valence-electron chi connectivity index (χ2n) is 7.47. The van der Waals surface area contributed by atoms with Crippen LogP contribution < -0.4 is 14.8 Å². The summed E-state index contributed by atoms with van der Waals surface area (Å²) in [5.74, 6) is 1.24. The zero-order valence-corrected chi connectivity index (χ0v) is 21.2. The summed E-state index contributed by atoms with van der Waals surface area (Å²) in [6.45, 7) is 0. The maximum atomic E-state index is 13.1. The summed E-state index contributed by atoms with van der Waals surface area (Å²) in [7, 11) is 4.43. The van der Waals surface area contributed by atoms with Gasteiger partial charge in [-0.1, -0.05) is 70.7 Å². The lowest BCUT2D eigenvalue weighted by atomic mass is 9.94. The number of tetrazole rings is 1. The average molecular weight is 524 g/mol. The van der Waals surface area contributed by atoms with E-state index in [-0.39, 0.29) is 0 Å². The number of aromatic nitrogens is 6. The van der Waals surface area contributed by atoms with E-state index in [1.165, 1.54) is 34.9 Å². The van der Waals surface area contributed by atoms with Crippen molar-refractivity contribution in [1.82, 2.24) is 30.4 Å². The summed E-state index contributed by atoms with van der Waals surface area (Å²) in [4.78, 5) is 13.1. The van der Waals surface area contributed by atoms with Crippen LogP contribution in [0.2, 0.25) is 0 Å². The van der Waals surface area contributed by atoms with Crippen LogP contribution >= 0.6 is 23.1 Å². The van der Waals surface area contributed by atoms with Gasteiger partial charge in [0.15, 0.2) is 15.8 Å². The molecule has 4 aromatic rings. The van der Waals surface area contributed by atoms with E-state index in [0.29, 0.717) is 40.0 Å². The lowest BCUT2D eigenvalue weighted by Gasteiger charge is -2.29. The van der Waals surface area contributed by atoms with E-state index in [1.54, 1.807) is 20.3 Å². The summed E-state index contributed by atoms with van der Waals surface area (Å²) >= 11 is 2.93. The molecule has 0 fully saturated rings. The topological polar surface area (TPSA) is 126 Å². The molecule has 0 spiro atoms. The van der Waals surface area contributed by atoms with Gasteiger partial charge in [-0.2, -0.15) is 4.68 Å². The third-order valence-electron chi connectivity index (χ3n) is 5.50. The highest BCUT2D eigenvalue weighted by Crippen LogP contribution is 2.43. The molecule has 3 heterocycles. The zero-order chi connectivity index (χ0) is 25.1. The number of hydrogen-bond donors (Lipinski definition) is 1. The van der Waals surface area contributed by atoms with Gasteiger partial charge in [0.2, 0.25) is 5.95 Å². The van der Waals surface area contributed by atoms with E-state index >= 15 is 0 Å². The van der Waals surface area contributed by atoms with E-state index in [4.69, 9.17) is 14.2 Å². The Morgan fingerprint density at radius 2 is 1.89 bits per heavy atom. The molecular weight excluding hydrogens is 502 g/mol. The minimum Gasteiger partial charge on any atom is -0.493 e. The van der Waals surface area contributed by atoms with Gasteiger partial charge in [-0.15, -0.1) is 10.2 Å². The number of rotatable bonds is 8. The first kappa shape index (κ1) is 23.8. The smallest absolute Gasteiger partial charge is 0.338 e. The number of nitrogens with one attached hydrogen (secondary N) is 1. The average Bonchev–Trinajstić information content (AvgIpc) is 3.60. The molecule has 5 rings (SSSR count). The fourth-order valence-electron chi connectivity index (χ4n) is 3.91. The molecule has 36 heavy (non-hydrogen) atoms. The van der Waals surface area contributed by atoms with Crippen molar-refractivity contribution in [3.05, 3.63) is 65.4 Å². The van der Waals surface area contributed by atoms with Crippen molar-refractivity contribution in [1.29, 1.82) is 0 Å². The first-order valence-corrected chi connectivity index (χ1v) is 12.5. The van der Waals surface area contributed by atoms with Crippen LogP contribution in [0.1, 0.15) is 11.6 Å². The number of methoxy groups -OCH3 is 3. The molecule has 13 heteroatoms. The molecule has 0 saturated heterocycles. The molecule has 1 aliphatic rings. The third-order valence-corrected chi connectivity index (χ3v) is 7.63. The number of ether oxygens (including phenoxy) is 3. The van der Waals surface area contributed by atoms with Crippen molar-refractivity contribution < 1.29 is 19.0 Å². The van der Waals surface area contributed by atoms with Crippen molar-refractivity contribution in [2.75, 3.05) is 32.4 Å². The molecule has 1 unspecified atom stereocenters. The maximum Gasteiger partial charge on any atom is 0.338 e. The Labute approximate surface area is 214 Å². The lowest BCUT2D eigenvalue weighted by molar-refractivity contribution is -0.136. The van der Waals surface area contributed by atoms with Gasteiger partial charge in [0.25, 0.3) is 0 Å². The van der Waals surface area contributed by atoms with Gasteiger partial charge >= 0.3 is 5.97 Å². The highest BCUT2D eigenvalue weighted by Gasteiger charge is 2.38. The third kappa shape index (κ3) is 4.38. The molecule has 184 valence electrons. The first-order valence-electron chi connectivity index (χ1n) is 10.7. The second kappa shape index (κ2) is 10.3. The summed E-state index contributed by atoms with van der Waals surface area (Å²) < 4.78 is 18.6. The van der Waals surface area contributed by atoms with Gasteiger partial charge in [0, 0.05) is 22.6 Å². The van der Waals surface area contributed by atoms with Crippen LogP contribution in [0.25, 0.3) is 10.6 Å². The molecule has 1 aliphatic heterocycles. The van der Waals surface area contributed by atoms with Gasteiger partial charge in [-0.3, -0.25) is 0 Å². The SMILES string of the molecule is COC(=O)C1=C(CSc2nnc(-c3ccccc3)s2)Nc2nnnn2C1c1cccc(OC)c1OC. The lowest BCUT2D eigenvalue weighted by Crippen LogP contribution is -2.31. The van der Waals surface area contributed by atoms with Crippen molar-refractivity contribution >= 4 is 35.0 Å². The normalized spacial score (nSPS) is 14.7. The minimum atomic E-state index is -0.710. The van der Waals surface area contributed by atoms with Crippen molar-refractivity contribution in [3.8, 4) is 22.1 Å². The molecule has 2 aromatic heterocycles. The molecule has 0 amide bonds. The maximum absolute atomic E-state index is 13.1. The summed E-state index contributed by atoms with van der Waals surface area (Å²) in [5.41, 5.74) is 2.60. The van der Waals surface area contributed by atoms with Crippen molar-refractivity contribution in [2.45, 2.75) is 10.4 Å². The number of fused-ring (bicyclic) bond motifs is 1. The van der Waals surface area contributed by atoms with Crippen LogP contribution in [0.4, 0.5) is 5.95 Å². The van der Waals surface area contributed by atoms with Crippen molar-refractivity contribution in [3.63, 3.8) is 0 Å². The van der Waals surface area contributed by atoms with E-state index < -0.39 is 12.0 Å². The predicted octanol–water partition coefficient (Wildman–Crippen LogP) is 3.44. The first-order chi connectivity index (χ1) is 17.6. The highest BCUT2D eigenvalue weighted by atomic mass is 32.2. The number of anilines is 1. The van der Waals surface area contributed by atoms with Gasteiger partial charge < -0.3 is 19.5 Å². The largest absolute Gasteiger partial charge is 0.493 e. The number of hydrogen-bond acceptors (Lipinski definition) is 12. The Balaban J connectivity index is 1.54. The van der Waals surface area contributed by atoms with Crippen LogP contribution in [0, 0.1) is 0 Å². The van der Waals surface area contributed by atoms with E-state index in [2.05, 4.69) is 31.0 Å². The highest BCUT2D eigenvalue weighted by molar-refractivity contribution is 8.01. The van der Waals surface area contributed by atoms with Crippen LogP contribution in [-0.2, 0) is 9.53 Å². The standard InChI is InChI=1S/C23H21N7O4S2/c1-32-16-11-7-10-14(19(16)33-2)18-17(21(31)34-3)15(24-22-26-28-29-30(18)22)12-35-23-27-25-20(36-23)13-8-5-4-6-9-13/h4-11,18H,12H2,1-3H3,(H,24,26,29). The van der Waals surface area contributed by atoms with Crippen LogP contribution in [0.5, 0.6) is 11.5 Å². The van der Waals surface area contributed by atoms with Crippen LogP contribution in [-0.4, -0.2) is 63.5 Å². The quantitative estimate of drug-likeness (QED) is 0.269. The van der Waals surface area contributed by atoms with Gasteiger partial charge in [0.1, 0.15) is 11.0 Å². The summed E-state index contributed by atoms with van der Waals surface area (Å²) in [6, 6.07) is 14.6. The number of carbonyl (C=O) groups excluding carboxylic acids is 1. The Bertz CT molecular complexity index is 1420. The number of para-hydroxylation sites is 1. The molecular formula is C23H21N7O4S2. The number of nitrogens with zero attached hydrogens (tertiary/aromatic N) is 6. The number of benzene rings is 2. The van der Waals surface area contributed by atoms with E-state index in [9.17, 15) is 4.79 Å². The second-order valence-corrected chi connectivity index (χ2v) is 9.67. The van der Waals surface area contributed by atoms with Gasteiger partial charge in [0.05, 0.1) is 26.9 Å². The van der Waals surface area contributed by atoms with Crippen LogP contribution in [0.3, 0.4) is 0 Å². The van der Waals surface area contributed by atoms with Crippen molar-refractivity contribution in [2.24, 2.45) is 0 Å². The summed E-state index contributed by atoms with van der Waals surface area (Å²) in [5, 5.41) is 24.7. The fourth-order valence-corrected chi connectivity index (χ4v) is 5.74. The monoisotopic (exact) mass is 523 g/mol. The van der Waals surface area contributed by atoms with E-state index in [0.717, 1.165) is 14.9 Å². The molecule has 0 aliphatic carbocycles. The fraction of sp³-hybridized carbons (Fsp3) is 0.217. The number of carbonyl (C=O) groups is 1. The van der Waals surface area contributed by atoms with Gasteiger partial charge in [-0.05, 0) is 16.5 Å². The Morgan fingerprint density at radius 3 is 2.64 bits per heavy atom. The number of esters is 1. The number of thioether (sulfide) groups is 1. The van der Waals surface area contributed by atoms with Gasteiger partial charge in [-0.25, -0.2) is 4.79 Å². The van der Waals surface area contributed by atoms with E-state index in [1.807, 2.05) is 42.5 Å². The molecule has 0 bridgehead atoms. The predicted molar refractivity (Wildman–Crippen MR) is 134 cm³/mol. The Hall–Kier alpha value is -3.97. The molecule has 2 aromatic carbocycles. The molecule has 0 radical (unpaired) electrons. The minimum absolute atomic E-state index is 0.351.